The molecule has 3 rings (SSSR count). The molecular weight excluding hydrogens is 408 g/mol. The monoisotopic (exact) mass is 442 g/mol. The van der Waals surface area contributed by atoms with Crippen LogP contribution < -0.4 is 21.1 Å². The molecule has 3 amide bonds. The van der Waals surface area contributed by atoms with E-state index in [1.165, 1.54) is 32.8 Å². The van der Waals surface area contributed by atoms with Gasteiger partial charge in [0.15, 0.2) is 0 Å². The summed E-state index contributed by atoms with van der Waals surface area (Å²) >= 11 is 0. The minimum Gasteiger partial charge on any atom is -0.481 e. The van der Waals surface area contributed by atoms with E-state index >= 15 is 0 Å². The topological polar surface area (TPSA) is 122 Å². The maximum atomic E-state index is 12.7. The van der Waals surface area contributed by atoms with Crippen molar-refractivity contribution in [1.29, 1.82) is 0 Å². The molecule has 9 nitrogen and oxygen atoms in total. The predicted molar refractivity (Wildman–Crippen MR) is 125 cm³/mol. The molecular formula is C23H34N6O3. The zero-order valence-electron chi connectivity index (χ0n) is 19.0. The summed E-state index contributed by atoms with van der Waals surface area (Å²) in [6.07, 6.45) is 8.35. The fourth-order valence-corrected chi connectivity index (χ4v) is 4.17. The van der Waals surface area contributed by atoms with Crippen LogP contribution in [-0.4, -0.2) is 59.6 Å². The average Bonchev–Trinajstić information content (AvgIpc) is 2.79. The van der Waals surface area contributed by atoms with Gasteiger partial charge in [-0.2, -0.15) is 0 Å². The van der Waals surface area contributed by atoms with Gasteiger partial charge in [0, 0.05) is 31.4 Å². The van der Waals surface area contributed by atoms with Crippen LogP contribution in [0.15, 0.2) is 24.4 Å². The van der Waals surface area contributed by atoms with Gasteiger partial charge in [-0.25, -0.2) is 9.78 Å². The van der Waals surface area contributed by atoms with Gasteiger partial charge >= 0.3 is 6.03 Å². The third kappa shape index (κ3) is 6.29. The second-order valence-corrected chi connectivity index (χ2v) is 8.30. The first-order chi connectivity index (χ1) is 15.5. The Morgan fingerprint density at radius 3 is 2.78 bits per heavy atom. The summed E-state index contributed by atoms with van der Waals surface area (Å²) in [6.45, 7) is 4.57. The summed E-state index contributed by atoms with van der Waals surface area (Å²) in [5.74, 6) is -0.367. The average molecular weight is 443 g/mol. The second kappa shape index (κ2) is 11.6. The number of amides is 3. The number of fused-ring (bicyclic) bond motifs is 1. The smallest absolute Gasteiger partial charge is 0.319 e. The number of piperidine rings is 1. The number of hydrogen-bond acceptors (Lipinski definition) is 6. The van der Waals surface area contributed by atoms with Gasteiger partial charge in [0.1, 0.15) is 5.52 Å². The zero-order chi connectivity index (χ0) is 22.9. The lowest BCUT2D eigenvalue weighted by atomic mass is 9.91. The molecule has 0 aliphatic carbocycles. The Morgan fingerprint density at radius 1 is 1.22 bits per heavy atom. The highest BCUT2D eigenvalue weighted by atomic mass is 16.5. The maximum Gasteiger partial charge on any atom is 0.319 e. The number of urea groups is 1. The number of nitrogens with one attached hydrogen (secondary N) is 2. The molecule has 0 aromatic carbocycles. The number of nitrogens with zero attached hydrogens (tertiary/aromatic N) is 3. The number of carbonyl (C=O) groups excluding carboxylic acids is 2. The molecule has 0 spiro atoms. The Bertz CT molecular complexity index is 922. The van der Waals surface area contributed by atoms with E-state index in [9.17, 15) is 9.59 Å². The number of unbranched alkanes of at least 4 members (excludes halogenated alkanes) is 4. The third-order valence-corrected chi connectivity index (χ3v) is 5.97. The van der Waals surface area contributed by atoms with Gasteiger partial charge in [-0.15, -0.1) is 0 Å². The number of primary amides is 1. The van der Waals surface area contributed by atoms with Crippen molar-refractivity contribution in [3.8, 4) is 5.88 Å². The maximum absolute atomic E-state index is 12.7. The highest BCUT2D eigenvalue weighted by Crippen LogP contribution is 2.23. The molecule has 1 fully saturated rings. The van der Waals surface area contributed by atoms with Crippen molar-refractivity contribution < 1.29 is 14.3 Å². The minimum absolute atomic E-state index is 0.306. The van der Waals surface area contributed by atoms with Crippen LogP contribution in [0.4, 0.5) is 10.5 Å². The van der Waals surface area contributed by atoms with Crippen LogP contribution in [0.5, 0.6) is 5.88 Å². The number of likely N-dealkylation sites (tertiary alicyclic amines) is 1. The molecule has 2 aromatic rings. The van der Waals surface area contributed by atoms with E-state index in [2.05, 4.69) is 32.4 Å². The van der Waals surface area contributed by atoms with Crippen molar-refractivity contribution in [3.63, 3.8) is 0 Å². The van der Waals surface area contributed by atoms with E-state index in [1.54, 1.807) is 24.4 Å². The van der Waals surface area contributed by atoms with E-state index in [4.69, 9.17) is 10.5 Å². The molecule has 0 saturated carbocycles. The van der Waals surface area contributed by atoms with Crippen molar-refractivity contribution >= 4 is 28.7 Å². The van der Waals surface area contributed by atoms with Gasteiger partial charge in [-0.1, -0.05) is 32.6 Å². The summed E-state index contributed by atoms with van der Waals surface area (Å²) < 4.78 is 5.18. The van der Waals surface area contributed by atoms with E-state index < -0.39 is 11.9 Å². The standard InChI is InChI=1S/C23H34N6O3/c1-3-4-5-6-7-13-29-14-11-17(16(15-29)22(24)30)26-23(31)27-19-10-12-25-18-8-9-20(32-2)28-21(18)19/h8-10,12,16-17H,3-7,11,13-15H2,1-2H3,(H2,24,30)(H2,25,26,27,31)/t16-,17-/m1/s1. The SMILES string of the molecule is CCCCCCCN1CC[C@@H](NC(=O)Nc2ccnc3ccc(OC)nc23)[C@H](C(N)=O)C1. The molecule has 1 saturated heterocycles. The number of aromatic nitrogens is 2. The first-order valence-electron chi connectivity index (χ1n) is 11.4. The number of anilines is 1. The van der Waals surface area contributed by atoms with Crippen molar-refractivity contribution in [2.45, 2.75) is 51.5 Å². The van der Waals surface area contributed by atoms with Crippen LogP contribution in [0, 0.1) is 5.92 Å². The number of hydrogen-bond donors (Lipinski definition) is 3. The zero-order valence-corrected chi connectivity index (χ0v) is 19.0. The van der Waals surface area contributed by atoms with E-state index in [0.29, 0.717) is 35.6 Å². The van der Waals surface area contributed by atoms with Crippen molar-refractivity contribution in [2.24, 2.45) is 11.7 Å². The van der Waals surface area contributed by atoms with E-state index in [-0.39, 0.29) is 11.9 Å². The van der Waals surface area contributed by atoms with E-state index in [1.807, 2.05) is 0 Å². The van der Waals surface area contributed by atoms with Crippen LogP contribution >= 0.6 is 0 Å². The Morgan fingerprint density at radius 2 is 2.03 bits per heavy atom. The largest absolute Gasteiger partial charge is 0.481 e. The van der Waals surface area contributed by atoms with Gasteiger partial charge < -0.3 is 26.0 Å². The second-order valence-electron chi connectivity index (χ2n) is 8.30. The minimum atomic E-state index is -0.419. The molecule has 9 heteroatoms. The lowest BCUT2D eigenvalue weighted by Gasteiger charge is -2.37. The Labute approximate surface area is 189 Å². The Hall–Kier alpha value is -2.94. The number of ether oxygens (including phenoxy) is 1. The first kappa shape index (κ1) is 23.7. The molecule has 32 heavy (non-hydrogen) atoms. The number of rotatable bonds is 10. The number of methoxy groups -OCH3 is 1. The summed E-state index contributed by atoms with van der Waals surface area (Å²) in [5, 5.41) is 5.77. The van der Waals surface area contributed by atoms with Crippen LogP contribution in [-0.2, 0) is 4.79 Å². The van der Waals surface area contributed by atoms with Gasteiger partial charge in [-0.3, -0.25) is 9.78 Å². The molecule has 0 radical (unpaired) electrons. The highest BCUT2D eigenvalue weighted by Gasteiger charge is 2.34. The molecule has 0 unspecified atom stereocenters. The molecule has 2 atom stereocenters. The van der Waals surface area contributed by atoms with Gasteiger partial charge in [0.2, 0.25) is 11.8 Å². The van der Waals surface area contributed by atoms with Crippen LogP contribution in [0.3, 0.4) is 0 Å². The number of carbonyl (C=O) groups is 2. The molecule has 4 N–H and O–H groups in total. The highest BCUT2D eigenvalue weighted by molar-refractivity contribution is 5.98. The van der Waals surface area contributed by atoms with Gasteiger partial charge in [0.05, 0.1) is 24.2 Å². The van der Waals surface area contributed by atoms with Crippen molar-refractivity contribution in [1.82, 2.24) is 20.2 Å². The quantitative estimate of drug-likeness (QED) is 0.486. The van der Waals surface area contributed by atoms with E-state index in [0.717, 1.165) is 19.5 Å². The van der Waals surface area contributed by atoms with Crippen LogP contribution in [0.25, 0.3) is 11.0 Å². The number of nitrogens with two attached hydrogens (primary N) is 1. The Kier molecular flexibility index (Phi) is 8.61. The normalized spacial score (nSPS) is 18.9. The fraction of sp³-hybridized carbons (Fsp3) is 0.565. The molecule has 0 bridgehead atoms. The van der Waals surface area contributed by atoms with Gasteiger partial charge in [0.25, 0.3) is 0 Å². The molecule has 174 valence electrons. The Balaban J connectivity index is 1.58. The summed E-state index contributed by atoms with van der Waals surface area (Å²) in [6, 6.07) is 4.48. The lowest BCUT2D eigenvalue weighted by molar-refractivity contribution is -0.124. The summed E-state index contributed by atoms with van der Waals surface area (Å²) in [7, 11) is 1.53. The molecule has 3 heterocycles. The molecule has 1 aliphatic rings. The summed E-state index contributed by atoms with van der Waals surface area (Å²) in [4.78, 5) is 35.8. The van der Waals surface area contributed by atoms with Crippen molar-refractivity contribution in [2.75, 3.05) is 32.1 Å². The van der Waals surface area contributed by atoms with Crippen LogP contribution in [0.1, 0.15) is 45.4 Å². The fourth-order valence-electron chi connectivity index (χ4n) is 4.17. The lowest BCUT2D eigenvalue weighted by Crippen LogP contribution is -2.55. The third-order valence-electron chi connectivity index (χ3n) is 5.97. The van der Waals surface area contributed by atoms with Crippen molar-refractivity contribution in [3.05, 3.63) is 24.4 Å². The molecule has 1 aliphatic heterocycles. The predicted octanol–water partition coefficient (Wildman–Crippen LogP) is 2.91. The first-order valence-corrected chi connectivity index (χ1v) is 11.4. The van der Waals surface area contributed by atoms with Gasteiger partial charge in [-0.05, 0) is 31.5 Å². The molecule has 2 aromatic heterocycles. The number of pyridine rings is 2. The van der Waals surface area contributed by atoms with Crippen LogP contribution in [0.2, 0.25) is 0 Å². The summed E-state index contributed by atoms with van der Waals surface area (Å²) in [5.41, 5.74) is 7.38.